The molecule has 10 amide bonds. The molecule has 49 nitrogen and oxygen atoms in total. The molecule has 0 radical (unpaired) electrons. The molecule has 10 N–H and O–H groups in total. The summed E-state index contributed by atoms with van der Waals surface area (Å²) in [6, 6.07) is 5.89. The number of rotatable bonds is 74. The Kier molecular flexibility index (Phi) is 63.7. The number of ether oxygens (including phenoxy) is 19. The zero-order valence-corrected chi connectivity index (χ0v) is 86.6. The van der Waals surface area contributed by atoms with Gasteiger partial charge in [0.25, 0.3) is 0 Å². The minimum Gasteiger partial charge on any atom is -0.463 e. The minimum atomic E-state index is -1.49. The van der Waals surface area contributed by atoms with Crippen molar-refractivity contribution >= 4 is 119 Å². The molecule has 4 rings (SSSR count). The molecule has 830 valence electrons. The van der Waals surface area contributed by atoms with Crippen molar-refractivity contribution in [1.29, 1.82) is 0 Å². The lowest BCUT2D eigenvalue weighted by molar-refractivity contribution is -0.277. The van der Waals surface area contributed by atoms with Gasteiger partial charge < -0.3 is 143 Å². The fourth-order valence-corrected chi connectivity index (χ4v) is 15.5. The molecule has 1 aromatic rings. The Morgan fingerprint density at radius 1 is 0.272 bits per heavy atom. The highest BCUT2D eigenvalue weighted by atomic mass is 16.7. The molecule has 3 aliphatic rings. The van der Waals surface area contributed by atoms with E-state index >= 15 is 0 Å². The van der Waals surface area contributed by atoms with Crippen LogP contribution in [-0.4, -0.2) is 335 Å². The van der Waals surface area contributed by atoms with Gasteiger partial charge in [0.05, 0.1) is 39.6 Å². The third-order valence-electron chi connectivity index (χ3n) is 22.2. The molecule has 0 aliphatic carbocycles. The van der Waals surface area contributed by atoms with E-state index in [1.165, 1.54) is 20.8 Å². The van der Waals surface area contributed by atoms with Gasteiger partial charge in [-0.1, -0.05) is 68.9 Å². The number of unbranched alkanes of at least 4 members (excludes halogenated alkanes) is 10. The molecule has 1 aromatic carbocycles. The van der Waals surface area contributed by atoms with Crippen LogP contribution in [0.1, 0.15) is 249 Å². The molecule has 0 bridgehead atoms. The van der Waals surface area contributed by atoms with Gasteiger partial charge >= 0.3 is 59.7 Å². The third-order valence-corrected chi connectivity index (χ3v) is 22.2. The van der Waals surface area contributed by atoms with E-state index in [0.29, 0.717) is 83.5 Å². The fourth-order valence-electron chi connectivity index (χ4n) is 15.5. The van der Waals surface area contributed by atoms with Crippen molar-refractivity contribution in [2.75, 3.05) is 119 Å². The second-order valence-corrected chi connectivity index (χ2v) is 35.5. The van der Waals surface area contributed by atoms with E-state index in [2.05, 4.69) is 53.2 Å². The van der Waals surface area contributed by atoms with Gasteiger partial charge in [0, 0.05) is 194 Å². The summed E-state index contributed by atoms with van der Waals surface area (Å²) in [5, 5.41) is 27.7. The van der Waals surface area contributed by atoms with Gasteiger partial charge in [-0.3, -0.25) is 95.9 Å². The van der Waals surface area contributed by atoms with Gasteiger partial charge in [0.15, 0.2) is 55.5 Å². The number of carbonyl (C=O) groups excluding carboxylic acids is 20. The van der Waals surface area contributed by atoms with Crippen molar-refractivity contribution in [3.8, 4) is 0 Å². The minimum absolute atomic E-state index is 0.0168. The van der Waals surface area contributed by atoms with E-state index in [1.807, 2.05) is 30.3 Å². The van der Waals surface area contributed by atoms with E-state index in [4.69, 9.17) is 90.0 Å². The summed E-state index contributed by atoms with van der Waals surface area (Å²) in [7, 11) is 0. The first-order valence-corrected chi connectivity index (χ1v) is 50.0. The zero-order valence-electron chi connectivity index (χ0n) is 86.6. The Morgan fingerprint density at radius 2 is 0.531 bits per heavy atom. The second kappa shape index (κ2) is 73.4. The lowest BCUT2D eigenvalue weighted by atomic mass is 9.96. The summed E-state index contributed by atoms with van der Waals surface area (Å²) in [4.78, 5) is 251. The smallest absolute Gasteiger partial charge is 0.306 e. The van der Waals surface area contributed by atoms with Gasteiger partial charge in [-0.25, -0.2) is 0 Å². The Labute approximate surface area is 856 Å². The average molecular weight is 2100 g/mol. The Balaban J connectivity index is 1.39. The monoisotopic (exact) mass is 2100 g/mol. The summed E-state index contributed by atoms with van der Waals surface area (Å²) < 4.78 is 108. The summed E-state index contributed by atoms with van der Waals surface area (Å²) in [5.74, 6) is -11.1. The van der Waals surface area contributed by atoms with Crippen LogP contribution in [0.15, 0.2) is 30.3 Å². The normalized spacial score (nSPS) is 20.4. The summed E-state index contributed by atoms with van der Waals surface area (Å²) in [6.07, 6.45) is -6.02. The first-order chi connectivity index (χ1) is 70.1. The summed E-state index contributed by atoms with van der Waals surface area (Å²) in [6.45, 7) is 12.3. The molecule has 3 heterocycles. The maximum Gasteiger partial charge on any atom is 0.306 e. The van der Waals surface area contributed by atoms with Crippen LogP contribution >= 0.6 is 0 Å². The van der Waals surface area contributed by atoms with E-state index in [0.717, 1.165) is 100.0 Å². The maximum absolute atomic E-state index is 14.2. The van der Waals surface area contributed by atoms with Gasteiger partial charge in [-0.2, -0.15) is 0 Å². The van der Waals surface area contributed by atoms with E-state index in [9.17, 15) is 95.9 Å². The van der Waals surface area contributed by atoms with E-state index in [1.54, 1.807) is 0 Å². The van der Waals surface area contributed by atoms with E-state index in [-0.39, 0.29) is 174 Å². The molecule has 49 heteroatoms. The fraction of sp³-hybridized carbons (Fsp3) is 0.735. The molecule has 0 spiro atoms. The van der Waals surface area contributed by atoms with Crippen LogP contribution in [0.2, 0.25) is 0 Å². The predicted molar refractivity (Wildman–Crippen MR) is 513 cm³/mol. The number of benzene rings is 1. The number of carbonyl (C=O) groups is 20. The van der Waals surface area contributed by atoms with Crippen LogP contribution in [0.5, 0.6) is 0 Å². The van der Waals surface area contributed by atoms with Crippen LogP contribution < -0.4 is 53.2 Å². The van der Waals surface area contributed by atoms with Crippen molar-refractivity contribution in [2.24, 2.45) is 0 Å². The van der Waals surface area contributed by atoms with Crippen molar-refractivity contribution in [2.45, 2.75) is 348 Å². The van der Waals surface area contributed by atoms with Gasteiger partial charge in [-0.05, 0) is 76.2 Å². The van der Waals surface area contributed by atoms with Crippen molar-refractivity contribution in [1.82, 2.24) is 53.2 Å². The summed E-state index contributed by atoms with van der Waals surface area (Å²) in [5.41, 5.74) is -0.583. The highest BCUT2D eigenvalue weighted by Crippen LogP contribution is 2.33. The first-order valence-electron chi connectivity index (χ1n) is 50.0. The Bertz CT molecular complexity index is 3940. The lowest BCUT2D eigenvalue weighted by Crippen LogP contribution is -2.66. The Hall–Kier alpha value is -11.7. The largest absolute Gasteiger partial charge is 0.463 e. The lowest BCUT2D eigenvalue weighted by Gasteiger charge is -2.44. The molecule has 0 aromatic heterocycles. The molecular formula is C98H154N10O39. The van der Waals surface area contributed by atoms with Crippen LogP contribution in [0.25, 0.3) is 0 Å². The molecule has 15 atom stereocenters. The highest BCUT2D eigenvalue weighted by Gasteiger charge is 2.55. The number of nitrogens with one attached hydrogen (secondary N) is 10. The van der Waals surface area contributed by atoms with Crippen LogP contribution in [0, 0.1) is 0 Å². The first kappa shape index (κ1) is 128. The van der Waals surface area contributed by atoms with Gasteiger partial charge in [-0.15, -0.1) is 0 Å². The molecular weight excluding hydrogens is 1940 g/mol. The SMILES string of the molecule is CC(=O)N[C@H]1[C@H](OCCCCC(=O)NCCCNC(=O)CCOCC(COCCC(=O)NCCCNC(=O)CCCCO[C@@H]2O[C@H](COC(C)=O)[C@H](OC(C)=O)[C@H](OC(C)=O)[C@H]2NC(C)=O)(COCCC(=O)NCCCNC(=O)CCCCO[C@@H]2O[C@H](COC(C)=O)[C@H](OC(C)=O)[C@H](OC(C)=O)[C@H]2NC(C)=O)NC(=O)CCCCCCCCCCC(=O)OCc2ccccc2)O[C@H](COC(C)=O)[C@H](OC(C)=O)[C@@H]1OC(C)=O. The third kappa shape index (κ3) is 57.4. The quantitative estimate of drug-likeness (QED) is 0.0254. The second-order valence-electron chi connectivity index (χ2n) is 35.5. The van der Waals surface area contributed by atoms with Crippen LogP contribution in [0.3, 0.4) is 0 Å². The van der Waals surface area contributed by atoms with Crippen LogP contribution in [0.4, 0.5) is 0 Å². The molecule has 0 unspecified atom stereocenters. The number of hydrogen-bond donors (Lipinski definition) is 10. The topological polar surface area (TPSA) is 637 Å². The zero-order chi connectivity index (χ0) is 108. The standard InChI is InChI=1S/C98H154N10O39/c1-62(109)105-86-92(142-71(10)118)89(139-68(7)115)75(56-135-65(4)112)145-95(86)132-49-27-24-35-78(121)99-43-30-46-102-81(124)40-52-129-59-98(108-84(127)38-22-17-15-13-14-16-18-23-39-85(128)138-55-74-33-20-19-21-34-74,60-130-53-41-82(125)103-47-31-44-100-79(122)36-25-28-50-133-96-87(106-63(2)110)93(143-72(11)119)90(140-69(8)116)76(146-96)57-136-66(5)113)61-131-54-42-83(126)104-48-32-45-101-80(123)37-26-29-51-134-97-88(107-64(3)111)94(144-73(12)120)91(141-70(9)117)77(147-97)58-137-67(6)114/h19-21,33-34,75-77,86-97H,13-18,22-32,35-61H2,1-12H3,(H,99,121)(H,100,122)(H,101,123)(H,102,124)(H,103,125)(H,104,126)(H,105,109)(H,106,110)(H,107,111)(H,108,127)/t75-,76-,77-,86-,87-,88-,89+,90+,91+,92-,93-,94-,95-,96-,97-/m1/s1. The van der Waals surface area contributed by atoms with Crippen molar-refractivity contribution in [3.05, 3.63) is 35.9 Å². The number of hydrogen-bond acceptors (Lipinski definition) is 39. The highest BCUT2D eigenvalue weighted by molar-refractivity contribution is 5.80. The maximum atomic E-state index is 14.2. The van der Waals surface area contributed by atoms with Gasteiger partial charge in [0.1, 0.15) is 68.4 Å². The van der Waals surface area contributed by atoms with Crippen LogP contribution in [-0.2, 0) is 192 Å². The van der Waals surface area contributed by atoms with Crippen molar-refractivity contribution < 1.29 is 186 Å². The van der Waals surface area contributed by atoms with E-state index < -0.39 is 212 Å². The summed E-state index contributed by atoms with van der Waals surface area (Å²) >= 11 is 0. The molecule has 3 aliphatic heterocycles. The van der Waals surface area contributed by atoms with Gasteiger partial charge in [0.2, 0.25) is 59.1 Å². The molecule has 3 saturated heterocycles. The van der Waals surface area contributed by atoms with Crippen molar-refractivity contribution in [3.63, 3.8) is 0 Å². The predicted octanol–water partition coefficient (Wildman–Crippen LogP) is 2.10. The molecule has 0 saturated carbocycles. The number of esters is 10. The Morgan fingerprint density at radius 3 is 0.810 bits per heavy atom. The molecule has 147 heavy (non-hydrogen) atoms. The average Bonchev–Trinajstić information content (AvgIpc) is 0.792. The number of amides is 10. The molecule has 3 fully saturated rings.